The minimum Gasteiger partial charge on any atom is -0.495 e. The van der Waals surface area contributed by atoms with Crippen LogP contribution in [-0.4, -0.2) is 22.2 Å². The van der Waals surface area contributed by atoms with E-state index in [1.807, 2.05) is 43.3 Å². The third-order valence-electron chi connectivity index (χ3n) is 4.27. The molecule has 0 aliphatic heterocycles. The number of aromatic nitrogens is 2. The average Bonchev–Trinajstić information content (AvgIpc) is 2.68. The maximum Gasteiger partial charge on any atom is 0.331 e. The van der Waals surface area contributed by atoms with E-state index in [2.05, 4.69) is 5.32 Å². The molecule has 3 rings (SSSR count). The first-order valence-corrected chi connectivity index (χ1v) is 8.76. The van der Waals surface area contributed by atoms with E-state index in [4.69, 9.17) is 4.74 Å². The van der Waals surface area contributed by atoms with Crippen molar-refractivity contribution in [3.05, 3.63) is 92.8 Å². The lowest BCUT2D eigenvalue weighted by Crippen LogP contribution is -2.41. The van der Waals surface area contributed by atoms with Crippen LogP contribution < -0.4 is 21.3 Å². The molecule has 1 N–H and O–H groups in total. The van der Waals surface area contributed by atoms with Crippen LogP contribution in [-0.2, 0) is 17.9 Å². The van der Waals surface area contributed by atoms with Gasteiger partial charge in [0, 0.05) is 12.3 Å². The van der Waals surface area contributed by atoms with E-state index < -0.39 is 17.2 Å². The number of amides is 1. The lowest BCUT2D eigenvalue weighted by molar-refractivity contribution is -0.116. The number of ether oxygens (including phenoxy) is 1. The number of anilines is 1. The van der Waals surface area contributed by atoms with E-state index in [1.165, 1.54) is 23.9 Å². The standard InChI is InChI=1S/C21H21N3O4/c1-15-8-9-18(28-2)17(12-15)22-19(25)14-24-20(26)10-11-23(21(24)27)13-16-6-4-3-5-7-16/h3-12H,13-14H2,1-2H3,(H,22,25). The molecule has 7 nitrogen and oxygen atoms in total. The summed E-state index contributed by atoms with van der Waals surface area (Å²) < 4.78 is 7.55. The highest BCUT2D eigenvalue weighted by Gasteiger charge is 2.13. The van der Waals surface area contributed by atoms with Gasteiger partial charge in [-0.15, -0.1) is 0 Å². The molecule has 0 fully saturated rings. The van der Waals surface area contributed by atoms with Gasteiger partial charge in [0.1, 0.15) is 12.3 Å². The Hall–Kier alpha value is -3.61. The Labute approximate surface area is 161 Å². The van der Waals surface area contributed by atoms with Gasteiger partial charge in [-0.3, -0.25) is 18.7 Å². The van der Waals surface area contributed by atoms with E-state index >= 15 is 0 Å². The summed E-state index contributed by atoms with van der Waals surface area (Å²) in [7, 11) is 1.50. The largest absolute Gasteiger partial charge is 0.495 e. The second kappa shape index (κ2) is 8.39. The van der Waals surface area contributed by atoms with Crippen LogP contribution in [0.25, 0.3) is 0 Å². The van der Waals surface area contributed by atoms with E-state index in [0.717, 1.165) is 15.7 Å². The molecule has 0 radical (unpaired) electrons. The summed E-state index contributed by atoms with van der Waals surface area (Å²) in [6, 6.07) is 16.1. The van der Waals surface area contributed by atoms with Crippen LogP contribution in [0.1, 0.15) is 11.1 Å². The molecule has 3 aromatic rings. The first kappa shape index (κ1) is 19.2. The summed E-state index contributed by atoms with van der Waals surface area (Å²) in [6.45, 7) is 1.82. The van der Waals surface area contributed by atoms with E-state index in [-0.39, 0.29) is 6.54 Å². The summed E-state index contributed by atoms with van der Waals surface area (Å²) in [4.78, 5) is 37.3. The zero-order chi connectivity index (χ0) is 20.1. The highest BCUT2D eigenvalue weighted by Crippen LogP contribution is 2.25. The Kier molecular flexibility index (Phi) is 5.74. The molecule has 0 aliphatic carbocycles. The number of hydrogen-bond acceptors (Lipinski definition) is 4. The van der Waals surface area contributed by atoms with Gasteiger partial charge in [-0.1, -0.05) is 36.4 Å². The smallest absolute Gasteiger partial charge is 0.331 e. The average molecular weight is 379 g/mol. The number of nitrogens with one attached hydrogen (secondary N) is 1. The number of methoxy groups -OCH3 is 1. The fraction of sp³-hybridized carbons (Fsp3) is 0.190. The van der Waals surface area contributed by atoms with Crippen molar-refractivity contribution in [3.63, 3.8) is 0 Å². The van der Waals surface area contributed by atoms with Crippen LogP contribution in [0.15, 0.2) is 70.4 Å². The molecule has 2 aromatic carbocycles. The summed E-state index contributed by atoms with van der Waals surface area (Å²) in [6.07, 6.45) is 1.44. The number of aryl methyl sites for hydroxylation is 1. The maximum atomic E-state index is 12.7. The van der Waals surface area contributed by atoms with Crippen LogP contribution in [0.2, 0.25) is 0 Å². The number of benzene rings is 2. The molecule has 0 unspecified atom stereocenters. The van der Waals surface area contributed by atoms with E-state index in [1.54, 1.807) is 12.1 Å². The van der Waals surface area contributed by atoms with Gasteiger partial charge in [0.15, 0.2) is 0 Å². The monoisotopic (exact) mass is 379 g/mol. The number of hydrogen-bond donors (Lipinski definition) is 1. The van der Waals surface area contributed by atoms with Crippen molar-refractivity contribution >= 4 is 11.6 Å². The summed E-state index contributed by atoms with van der Waals surface area (Å²) in [5.41, 5.74) is 1.28. The number of nitrogens with zero attached hydrogens (tertiary/aromatic N) is 2. The van der Waals surface area contributed by atoms with Gasteiger partial charge in [0.25, 0.3) is 5.56 Å². The fourth-order valence-corrected chi connectivity index (χ4v) is 2.86. The molecule has 0 spiro atoms. The highest BCUT2D eigenvalue weighted by molar-refractivity contribution is 5.92. The Morgan fingerprint density at radius 3 is 2.54 bits per heavy atom. The Bertz CT molecular complexity index is 1100. The normalized spacial score (nSPS) is 10.5. The van der Waals surface area contributed by atoms with Crippen molar-refractivity contribution in [1.82, 2.24) is 9.13 Å². The predicted molar refractivity (Wildman–Crippen MR) is 107 cm³/mol. The van der Waals surface area contributed by atoms with Crippen molar-refractivity contribution in [2.45, 2.75) is 20.0 Å². The van der Waals surface area contributed by atoms with Gasteiger partial charge in [0.2, 0.25) is 5.91 Å². The Morgan fingerprint density at radius 1 is 1.07 bits per heavy atom. The van der Waals surface area contributed by atoms with Gasteiger partial charge < -0.3 is 10.1 Å². The minimum atomic E-state index is -0.539. The molecule has 1 aromatic heterocycles. The second-order valence-electron chi connectivity index (χ2n) is 6.39. The number of rotatable bonds is 6. The maximum absolute atomic E-state index is 12.7. The highest BCUT2D eigenvalue weighted by atomic mass is 16.5. The Morgan fingerprint density at radius 2 is 1.82 bits per heavy atom. The first-order chi connectivity index (χ1) is 13.5. The zero-order valence-electron chi connectivity index (χ0n) is 15.7. The van der Waals surface area contributed by atoms with Crippen LogP contribution in [0, 0.1) is 6.92 Å². The topological polar surface area (TPSA) is 82.3 Å². The molecule has 7 heteroatoms. The van der Waals surface area contributed by atoms with Gasteiger partial charge in [0.05, 0.1) is 19.3 Å². The summed E-state index contributed by atoms with van der Waals surface area (Å²) in [5.74, 6) is 0.0152. The molecular formula is C21H21N3O4. The molecule has 0 bridgehead atoms. The molecular weight excluding hydrogens is 358 g/mol. The first-order valence-electron chi connectivity index (χ1n) is 8.76. The molecule has 1 amide bonds. The van der Waals surface area contributed by atoms with Gasteiger partial charge >= 0.3 is 5.69 Å². The molecule has 0 saturated carbocycles. The van der Waals surface area contributed by atoms with Gasteiger partial charge in [-0.05, 0) is 30.2 Å². The Balaban J connectivity index is 1.83. The molecule has 28 heavy (non-hydrogen) atoms. The zero-order valence-corrected chi connectivity index (χ0v) is 15.7. The lowest BCUT2D eigenvalue weighted by atomic mass is 10.2. The van der Waals surface area contributed by atoms with E-state index in [9.17, 15) is 14.4 Å². The van der Waals surface area contributed by atoms with Gasteiger partial charge in [-0.2, -0.15) is 0 Å². The van der Waals surface area contributed by atoms with Crippen molar-refractivity contribution < 1.29 is 9.53 Å². The third kappa shape index (κ3) is 4.37. The molecule has 1 heterocycles. The predicted octanol–water partition coefficient (Wildman–Crippen LogP) is 2.01. The second-order valence-corrected chi connectivity index (χ2v) is 6.39. The number of carbonyl (C=O) groups excluding carboxylic acids is 1. The third-order valence-corrected chi connectivity index (χ3v) is 4.27. The van der Waals surface area contributed by atoms with Crippen LogP contribution in [0.3, 0.4) is 0 Å². The minimum absolute atomic E-state index is 0.313. The van der Waals surface area contributed by atoms with Crippen LogP contribution in [0.4, 0.5) is 5.69 Å². The fourth-order valence-electron chi connectivity index (χ4n) is 2.86. The molecule has 0 aliphatic rings. The summed E-state index contributed by atoms with van der Waals surface area (Å²) >= 11 is 0. The van der Waals surface area contributed by atoms with E-state index in [0.29, 0.717) is 18.0 Å². The van der Waals surface area contributed by atoms with Crippen molar-refractivity contribution in [3.8, 4) is 5.75 Å². The van der Waals surface area contributed by atoms with Gasteiger partial charge in [-0.25, -0.2) is 4.79 Å². The molecule has 0 saturated heterocycles. The van der Waals surface area contributed by atoms with Crippen molar-refractivity contribution in [1.29, 1.82) is 0 Å². The van der Waals surface area contributed by atoms with Crippen molar-refractivity contribution in [2.75, 3.05) is 12.4 Å². The lowest BCUT2D eigenvalue weighted by Gasteiger charge is -2.12. The van der Waals surface area contributed by atoms with Crippen molar-refractivity contribution in [2.24, 2.45) is 0 Å². The molecule has 0 atom stereocenters. The quantitative estimate of drug-likeness (QED) is 0.710. The SMILES string of the molecule is COc1ccc(C)cc1NC(=O)Cn1c(=O)ccn(Cc2ccccc2)c1=O. The molecule has 144 valence electrons. The van der Waals surface area contributed by atoms with Crippen LogP contribution in [0.5, 0.6) is 5.75 Å². The van der Waals surface area contributed by atoms with Crippen LogP contribution >= 0.6 is 0 Å². The number of carbonyl (C=O) groups is 1. The summed E-state index contributed by atoms with van der Waals surface area (Å²) in [5, 5.41) is 2.70.